The molecule has 0 saturated heterocycles. The van der Waals surface area contributed by atoms with E-state index in [0.29, 0.717) is 17.3 Å². The molecule has 3 aromatic rings. The minimum atomic E-state index is -0.324. The van der Waals surface area contributed by atoms with Crippen molar-refractivity contribution < 1.29 is 9.32 Å². The Morgan fingerprint density at radius 3 is 2.64 bits per heavy atom. The molecule has 1 amide bonds. The first-order valence-corrected chi connectivity index (χ1v) is 8.11. The van der Waals surface area contributed by atoms with Gasteiger partial charge in [0.1, 0.15) is 11.5 Å². The predicted octanol–water partition coefficient (Wildman–Crippen LogP) is 4.10. The van der Waals surface area contributed by atoms with Gasteiger partial charge in [0.2, 0.25) is 0 Å². The first-order valence-electron chi connectivity index (χ1n) is 8.11. The Balaban J connectivity index is 1.85. The normalized spacial score (nSPS) is 10.5. The van der Waals surface area contributed by atoms with E-state index in [-0.39, 0.29) is 5.91 Å². The number of nitrogens with zero attached hydrogens (tertiary/aromatic N) is 3. The van der Waals surface area contributed by atoms with E-state index in [1.165, 1.54) is 5.56 Å². The third kappa shape index (κ3) is 3.85. The average Bonchev–Trinajstić information content (AvgIpc) is 3.01. The average molecular weight is 336 g/mol. The highest BCUT2D eigenvalue weighted by molar-refractivity contribution is 6.02. The Bertz CT molecular complexity index is 888. The van der Waals surface area contributed by atoms with E-state index in [1.807, 2.05) is 12.1 Å². The fourth-order valence-electron chi connectivity index (χ4n) is 2.63. The molecule has 0 bridgehead atoms. The van der Waals surface area contributed by atoms with Crippen molar-refractivity contribution in [1.29, 1.82) is 0 Å². The molecule has 6 heteroatoms. The molecule has 0 saturated carbocycles. The van der Waals surface area contributed by atoms with E-state index in [9.17, 15) is 4.79 Å². The first-order chi connectivity index (χ1) is 12.1. The molecule has 128 valence electrons. The summed E-state index contributed by atoms with van der Waals surface area (Å²) in [6.45, 7) is 6.67. The molecule has 1 N–H and O–H groups in total. The molecule has 25 heavy (non-hydrogen) atoms. The number of aromatic nitrogens is 2. The number of pyridine rings is 1. The Hall–Kier alpha value is -3.15. The molecular formula is C19H20N4O2. The van der Waals surface area contributed by atoms with Crippen LogP contribution in [0.2, 0.25) is 0 Å². The molecule has 1 aromatic carbocycles. The third-order valence-corrected chi connectivity index (χ3v) is 3.79. The zero-order valence-electron chi connectivity index (χ0n) is 14.5. The van der Waals surface area contributed by atoms with E-state index in [1.54, 1.807) is 25.3 Å². The van der Waals surface area contributed by atoms with Gasteiger partial charge in [-0.3, -0.25) is 9.78 Å². The van der Waals surface area contributed by atoms with Crippen molar-refractivity contribution in [3.8, 4) is 0 Å². The minimum absolute atomic E-state index is 0.323. The van der Waals surface area contributed by atoms with Gasteiger partial charge in [-0.1, -0.05) is 17.3 Å². The Kier molecular flexibility index (Phi) is 4.79. The maximum atomic E-state index is 12.4. The zero-order valence-corrected chi connectivity index (χ0v) is 14.5. The fraction of sp³-hybridized carbons (Fsp3) is 0.211. The summed E-state index contributed by atoms with van der Waals surface area (Å²) in [5.74, 6) is 0.685. The summed E-state index contributed by atoms with van der Waals surface area (Å²) in [6.07, 6.45) is 1.64. The number of rotatable bonds is 5. The fourth-order valence-corrected chi connectivity index (χ4v) is 2.63. The predicted molar refractivity (Wildman–Crippen MR) is 97.3 cm³/mol. The van der Waals surface area contributed by atoms with Crippen molar-refractivity contribution >= 4 is 23.1 Å². The number of carbonyl (C=O) groups is 1. The van der Waals surface area contributed by atoms with Gasteiger partial charge in [0.05, 0.1) is 0 Å². The molecule has 0 aliphatic rings. The van der Waals surface area contributed by atoms with Crippen LogP contribution in [0.15, 0.2) is 53.2 Å². The zero-order chi connectivity index (χ0) is 17.8. The van der Waals surface area contributed by atoms with Crippen LogP contribution in [0.1, 0.15) is 28.7 Å². The van der Waals surface area contributed by atoms with Gasteiger partial charge in [-0.25, -0.2) is 0 Å². The van der Waals surface area contributed by atoms with Crippen LogP contribution in [0.3, 0.4) is 0 Å². The molecule has 2 aromatic heterocycles. The summed E-state index contributed by atoms with van der Waals surface area (Å²) < 4.78 is 4.96. The number of carbonyl (C=O) groups excluding carboxylic acids is 1. The maximum Gasteiger partial charge on any atom is 0.275 e. The number of benzene rings is 1. The van der Waals surface area contributed by atoms with E-state index < -0.39 is 0 Å². The summed E-state index contributed by atoms with van der Waals surface area (Å²) in [4.78, 5) is 18.7. The molecule has 0 aliphatic heterocycles. The minimum Gasteiger partial charge on any atom is -0.360 e. The third-order valence-electron chi connectivity index (χ3n) is 3.79. The maximum absolute atomic E-state index is 12.4. The van der Waals surface area contributed by atoms with Crippen LogP contribution in [0, 0.1) is 13.8 Å². The van der Waals surface area contributed by atoms with Crippen LogP contribution >= 0.6 is 0 Å². The van der Waals surface area contributed by atoms with E-state index >= 15 is 0 Å². The summed E-state index contributed by atoms with van der Waals surface area (Å²) >= 11 is 0. The second kappa shape index (κ2) is 7.17. The SMILES string of the molecule is CCN(c1cccc(C)c1)c1ccnc(C(=O)Nc2cc(C)on2)c1. The van der Waals surface area contributed by atoms with Crippen molar-refractivity contribution in [1.82, 2.24) is 10.1 Å². The van der Waals surface area contributed by atoms with Crippen LogP contribution in [0.25, 0.3) is 0 Å². The Morgan fingerprint density at radius 1 is 1.16 bits per heavy atom. The lowest BCUT2D eigenvalue weighted by Gasteiger charge is -2.24. The van der Waals surface area contributed by atoms with Gasteiger partial charge in [0.25, 0.3) is 5.91 Å². The molecule has 0 spiro atoms. The molecular weight excluding hydrogens is 316 g/mol. The number of hydrogen-bond acceptors (Lipinski definition) is 5. The van der Waals surface area contributed by atoms with Gasteiger partial charge in [0.15, 0.2) is 5.82 Å². The van der Waals surface area contributed by atoms with Crippen LogP contribution in [-0.2, 0) is 0 Å². The van der Waals surface area contributed by atoms with E-state index in [2.05, 4.69) is 52.4 Å². The van der Waals surface area contributed by atoms with E-state index in [0.717, 1.165) is 17.9 Å². The van der Waals surface area contributed by atoms with Crippen LogP contribution in [0.5, 0.6) is 0 Å². The standard InChI is InChI=1S/C19H20N4O2/c1-4-23(15-7-5-6-13(2)10-15)16-8-9-20-17(12-16)19(24)21-18-11-14(3)25-22-18/h5-12H,4H2,1-3H3,(H,21,22,24). The van der Waals surface area contributed by atoms with Gasteiger partial charge >= 0.3 is 0 Å². The number of aryl methyl sites for hydroxylation is 2. The lowest BCUT2D eigenvalue weighted by molar-refractivity contribution is 0.102. The summed E-state index contributed by atoms with van der Waals surface area (Å²) in [5, 5.41) is 6.45. The highest BCUT2D eigenvalue weighted by Crippen LogP contribution is 2.26. The second-order valence-corrected chi connectivity index (χ2v) is 5.76. The molecule has 3 rings (SSSR count). The molecule has 0 atom stereocenters. The molecule has 0 unspecified atom stereocenters. The number of nitrogens with one attached hydrogen (secondary N) is 1. The quantitative estimate of drug-likeness (QED) is 0.759. The number of amides is 1. The summed E-state index contributed by atoms with van der Waals surface area (Å²) in [7, 11) is 0. The summed E-state index contributed by atoms with van der Waals surface area (Å²) in [6, 6.07) is 13.6. The second-order valence-electron chi connectivity index (χ2n) is 5.76. The first kappa shape index (κ1) is 16.7. The molecule has 0 fully saturated rings. The largest absolute Gasteiger partial charge is 0.360 e. The van der Waals surface area contributed by atoms with Crippen LogP contribution in [0.4, 0.5) is 17.2 Å². The monoisotopic (exact) mass is 336 g/mol. The van der Waals surface area contributed by atoms with Gasteiger partial charge in [-0.05, 0) is 50.6 Å². The molecule has 2 heterocycles. The van der Waals surface area contributed by atoms with Gasteiger partial charge in [-0.2, -0.15) is 0 Å². The molecule has 6 nitrogen and oxygen atoms in total. The topological polar surface area (TPSA) is 71.3 Å². The van der Waals surface area contributed by atoms with Gasteiger partial charge in [-0.15, -0.1) is 0 Å². The van der Waals surface area contributed by atoms with Crippen molar-refractivity contribution in [2.24, 2.45) is 0 Å². The van der Waals surface area contributed by atoms with E-state index in [4.69, 9.17) is 4.52 Å². The highest BCUT2D eigenvalue weighted by Gasteiger charge is 2.14. The highest BCUT2D eigenvalue weighted by atomic mass is 16.5. The van der Waals surface area contributed by atoms with Crippen LogP contribution < -0.4 is 10.2 Å². The Morgan fingerprint density at radius 2 is 1.96 bits per heavy atom. The van der Waals surface area contributed by atoms with Crippen LogP contribution in [-0.4, -0.2) is 22.6 Å². The van der Waals surface area contributed by atoms with Gasteiger partial charge in [0, 0.05) is 30.2 Å². The van der Waals surface area contributed by atoms with Crippen molar-refractivity contribution in [3.05, 3.63) is 65.7 Å². The lowest BCUT2D eigenvalue weighted by Crippen LogP contribution is -2.18. The van der Waals surface area contributed by atoms with Crippen molar-refractivity contribution in [2.75, 3.05) is 16.8 Å². The van der Waals surface area contributed by atoms with Crippen molar-refractivity contribution in [2.45, 2.75) is 20.8 Å². The Labute approximate surface area is 146 Å². The molecule has 0 radical (unpaired) electrons. The lowest BCUT2D eigenvalue weighted by atomic mass is 10.2. The summed E-state index contributed by atoms with van der Waals surface area (Å²) in [5.41, 5.74) is 3.49. The van der Waals surface area contributed by atoms with Crippen molar-refractivity contribution in [3.63, 3.8) is 0 Å². The number of hydrogen-bond donors (Lipinski definition) is 1. The van der Waals surface area contributed by atoms with Gasteiger partial charge < -0.3 is 14.7 Å². The smallest absolute Gasteiger partial charge is 0.275 e. The molecule has 0 aliphatic carbocycles. The number of anilines is 3.